The number of aromatic nitrogens is 2. The van der Waals surface area contributed by atoms with E-state index in [4.69, 9.17) is 0 Å². The molecule has 6 rings (SSSR count). The molecule has 1 unspecified atom stereocenters. The Morgan fingerprint density at radius 3 is 2.19 bits per heavy atom. The van der Waals surface area contributed by atoms with E-state index in [1.165, 1.54) is 38.5 Å². The summed E-state index contributed by atoms with van der Waals surface area (Å²) in [6, 6.07) is 9.78. The molecule has 1 aromatic heterocycles. The summed E-state index contributed by atoms with van der Waals surface area (Å²) in [4.78, 5) is 0.349. The summed E-state index contributed by atoms with van der Waals surface area (Å²) in [6.07, 6.45) is 9.62. The van der Waals surface area contributed by atoms with Crippen molar-refractivity contribution in [2.75, 3.05) is 0 Å². The second-order valence-electron chi connectivity index (χ2n) is 10.5. The quantitative estimate of drug-likeness (QED) is 0.646. The molecule has 0 amide bonds. The molecule has 0 saturated heterocycles. The Morgan fingerprint density at radius 2 is 1.65 bits per heavy atom. The van der Waals surface area contributed by atoms with Crippen molar-refractivity contribution < 1.29 is 8.42 Å². The minimum absolute atomic E-state index is 0.0229. The van der Waals surface area contributed by atoms with Crippen molar-refractivity contribution in [1.29, 1.82) is 0 Å². The Morgan fingerprint density at radius 1 is 1.06 bits per heavy atom. The monoisotopic (exact) mass is 441 g/mol. The topological polar surface area (TPSA) is 64.0 Å². The molecule has 4 saturated carbocycles. The summed E-state index contributed by atoms with van der Waals surface area (Å²) in [5.41, 5.74) is 2.28. The van der Waals surface area contributed by atoms with E-state index in [2.05, 4.69) is 16.7 Å². The van der Waals surface area contributed by atoms with Crippen molar-refractivity contribution in [3.8, 4) is 5.69 Å². The van der Waals surface area contributed by atoms with E-state index < -0.39 is 10.0 Å². The Hall–Kier alpha value is -1.66. The van der Waals surface area contributed by atoms with Gasteiger partial charge in [0.15, 0.2) is 0 Å². The van der Waals surface area contributed by atoms with Crippen molar-refractivity contribution in [3.05, 3.63) is 41.7 Å². The Balaban J connectivity index is 1.48. The van der Waals surface area contributed by atoms with Gasteiger partial charge in [-0.2, -0.15) is 5.10 Å². The highest BCUT2D eigenvalue weighted by molar-refractivity contribution is 7.89. The highest BCUT2D eigenvalue weighted by Crippen LogP contribution is 2.61. The van der Waals surface area contributed by atoms with Crippen LogP contribution < -0.4 is 4.72 Å². The van der Waals surface area contributed by atoms with Gasteiger partial charge < -0.3 is 0 Å². The Labute approximate surface area is 186 Å². The van der Waals surface area contributed by atoms with Crippen LogP contribution >= 0.6 is 0 Å². The van der Waals surface area contributed by atoms with E-state index in [-0.39, 0.29) is 11.5 Å². The molecule has 4 bridgehead atoms. The third kappa shape index (κ3) is 3.66. The lowest BCUT2D eigenvalue weighted by atomic mass is 9.47. The van der Waals surface area contributed by atoms with Crippen molar-refractivity contribution in [1.82, 2.24) is 14.5 Å². The second kappa shape index (κ2) is 7.73. The average molecular weight is 442 g/mol. The zero-order valence-electron chi connectivity index (χ0n) is 19.0. The molecule has 4 aliphatic rings. The van der Waals surface area contributed by atoms with Crippen LogP contribution in [0.1, 0.15) is 69.7 Å². The van der Waals surface area contributed by atoms with Crippen LogP contribution in [0.3, 0.4) is 0 Å². The molecular weight excluding hydrogens is 406 g/mol. The zero-order chi connectivity index (χ0) is 21.8. The molecule has 1 aromatic carbocycles. The van der Waals surface area contributed by atoms with Crippen LogP contribution in [0.2, 0.25) is 0 Å². The summed E-state index contributed by atoms with van der Waals surface area (Å²) in [6.45, 7) is 5.84. The molecule has 0 radical (unpaired) electrons. The smallest absolute Gasteiger partial charge is 0.236 e. The van der Waals surface area contributed by atoms with Crippen molar-refractivity contribution in [2.24, 2.45) is 23.2 Å². The van der Waals surface area contributed by atoms with Crippen LogP contribution in [0.5, 0.6) is 0 Å². The first-order chi connectivity index (χ1) is 14.8. The maximum absolute atomic E-state index is 13.7. The fourth-order valence-electron chi connectivity index (χ4n) is 7.47. The van der Waals surface area contributed by atoms with Gasteiger partial charge in [-0.3, -0.25) is 0 Å². The molecule has 31 heavy (non-hydrogen) atoms. The number of hydrogen-bond donors (Lipinski definition) is 1. The van der Waals surface area contributed by atoms with Gasteiger partial charge in [0.2, 0.25) is 10.0 Å². The number of rotatable bonds is 7. The van der Waals surface area contributed by atoms with Gasteiger partial charge >= 0.3 is 0 Å². The lowest BCUT2D eigenvalue weighted by molar-refractivity contribution is -0.0712. The van der Waals surface area contributed by atoms with E-state index in [1.807, 2.05) is 37.3 Å². The number of hydrogen-bond acceptors (Lipinski definition) is 3. The highest BCUT2D eigenvalue weighted by Gasteiger charge is 2.54. The maximum atomic E-state index is 13.7. The molecule has 168 valence electrons. The fourth-order valence-corrected chi connectivity index (χ4v) is 9.23. The van der Waals surface area contributed by atoms with Crippen LogP contribution in [-0.4, -0.2) is 24.2 Å². The minimum Gasteiger partial charge on any atom is -0.236 e. The first-order valence-corrected chi connectivity index (χ1v) is 13.4. The third-order valence-corrected chi connectivity index (χ3v) is 9.92. The summed E-state index contributed by atoms with van der Waals surface area (Å²) >= 11 is 0. The zero-order valence-corrected chi connectivity index (χ0v) is 19.8. The summed E-state index contributed by atoms with van der Waals surface area (Å²) in [7, 11) is -3.66. The molecule has 4 aliphatic carbocycles. The number of nitrogens with one attached hydrogen (secondary N) is 1. The second-order valence-corrected chi connectivity index (χ2v) is 12.1. The van der Waals surface area contributed by atoms with Gasteiger partial charge in [-0.25, -0.2) is 17.8 Å². The molecule has 2 aromatic rings. The number of sulfonamides is 1. The minimum atomic E-state index is -3.66. The molecule has 0 spiro atoms. The SMILES string of the molecule is CCCC(NS(=O)(=O)c1c(C)nn(-c2ccccc2)c1C)C12CC3CC(CC(C3)C1)C2. The van der Waals surface area contributed by atoms with E-state index in [0.29, 0.717) is 16.3 Å². The molecule has 5 nitrogen and oxygen atoms in total. The van der Waals surface area contributed by atoms with Crippen LogP contribution in [0.4, 0.5) is 0 Å². The van der Waals surface area contributed by atoms with Crippen molar-refractivity contribution >= 4 is 10.0 Å². The standard InChI is InChI=1S/C25H35N3O2S/c1-4-8-23(25-14-19-11-20(15-25)13-21(12-19)16-25)27-31(29,30)24-17(2)26-28(18(24)3)22-9-6-5-7-10-22/h5-7,9-10,19-21,23,27H,4,8,11-16H2,1-3H3. The molecule has 1 atom stereocenters. The van der Waals surface area contributed by atoms with E-state index in [1.54, 1.807) is 11.6 Å². The van der Waals surface area contributed by atoms with Crippen LogP contribution in [0.25, 0.3) is 5.69 Å². The van der Waals surface area contributed by atoms with Gasteiger partial charge in [0, 0.05) is 6.04 Å². The summed E-state index contributed by atoms with van der Waals surface area (Å²) in [5, 5.41) is 4.59. The highest BCUT2D eigenvalue weighted by atomic mass is 32.2. The van der Waals surface area contributed by atoms with Crippen LogP contribution in [0.15, 0.2) is 35.2 Å². The predicted octanol–water partition coefficient (Wildman–Crippen LogP) is 5.15. The fraction of sp³-hybridized carbons (Fsp3) is 0.640. The van der Waals surface area contributed by atoms with Gasteiger partial charge in [-0.1, -0.05) is 31.5 Å². The molecule has 1 heterocycles. The van der Waals surface area contributed by atoms with Gasteiger partial charge in [0.25, 0.3) is 0 Å². The van der Waals surface area contributed by atoms with Gasteiger partial charge in [0.05, 0.1) is 17.1 Å². The first-order valence-electron chi connectivity index (χ1n) is 12.0. The van der Waals surface area contributed by atoms with Crippen LogP contribution in [-0.2, 0) is 10.0 Å². The molecule has 1 N–H and O–H groups in total. The molecule has 6 heteroatoms. The van der Waals surface area contributed by atoms with E-state index in [0.717, 1.165) is 36.3 Å². The van der Waals surface area contributed by atoms with Crippen molar-refractivity contribution in [2.45, 2.75) is 83.1 Å². The average Bonchev–Trinajstić information content (AvgIpc) is 3.02. The molecule has 4 fully saturated rings. The molecular formula is C25H35N3O2S. The normalized spacial score (nSPS) is 30.6. The number of nitrogens with zero attached hydrogens (tertiary/aromatic N) is 2. The van der Waals surface area contributed by atoms with Crippen LogP contribution in [0, 0.1) is 37.0 Å². The Bertz CT molecular complexity index is 1020. The molecule has 0 aliphatic heterocycles. The van der Waals surface area contributed by atoms with Gasteiger partial charge in [-0.15, -0.1) is 0 Å². The lowest BCUT2D eigenvalue weighted by Crippen LogP contribution is -2.56. The number of benzene rings is 1. The Kier molecular flexibility index (Phi) is 5.29. The van der Waals surface area contributed by atoms with Gasteiger partial charge in [0.1, 0.15) is 4.90 Å². The first kappa shape index (κ1) is 21.2. The maximum Gasteiger partial charge on any atom is 0.244 e. The number of aryl methyl sites for hydroxylation is 1. The summed E-state index contributed by atoms with van der Waals surface area (Å²) < 4.78 is 32.5. The number of para-hydroxylation sites is 1. The third-order valence-electron chi connectivity index (χ3n) is 8.19. The summed E-state index contributed by atoms with van der Waals surface area (Å²) in [5.74, 6) is 2.42. The van der Waals surface area contributed by atoms with E-state index in [9.17, 15) is 8.42 Å². The van der Waals surface area contributed by atoms with Gasteiger partial charge in [-0.05, 0) is 94.1 Å². The largest absolute Gasteiger partial charge is 0.244 e. The lowest BCUT2D eigenvalue weighted by Gasteiger charge is -2.59. The van der Waals surface area contributed by atoms with Crippen molar-refractivity contribution in [3.63, 3.8) is 0 Å². The van der Waals surface area contributed by atoms with E-state index >= 15 is 0 Å². The predicted molar refractivity (Wildman–Crippen MR) is 123 cm³/mol.